The van der Waals surface area contributed by atoms with Crippen molar-refractivity contribution in [3.63, 3.8) is 0 Å². The molecule has 1 saturated heterocycles. The highest BCUT2D eigenvalue weighted by Crippen LogP contribution is 2.29. The van der Waals surface area contributed by atoms with Crippen molar-refractivity contribution in [2.75, 3.05) is 26.4 Å². The monoisotopic (exact) mass is 223 g/mol. The normalized spacial score (nSPS) is 24.6. The van der Waals surface area contributed by atoms with E-state index in [1.165, 1.54) is 5.56 Å². The highest BCUT2D eigenvalue weighted by Gasteiger charge is 2.28. The molecule has 0 aromatic heterocycles. The first kappa shape index (κ1) is 11.4. The molecular weight excluding hydrogens is 205 g/mol. The summed E-state index contributed by atoms with van der Waals surface area (Å²) in [5, 5.41) is 3.24. The quantitative estimate of drug-likeness (QED) is 0.846. The van der Waals surface area contributed by atoms with E-state index in [0.717, 1.165) is 18.8 Å². The van der Waals surface area contributed by atoms with Crippen LogP contribution in [0.5, 0.6) is 5.75 Å². The van der Waals surface area contributed by atoms with E-state index in [9.17, 15) is 4.39 Å². The summed E-state index contributed by atoms with van der Waals surface area (Å²) in [6, 6.07) is 8.02. The van der Waals surface area contributed by atoms with Gasteiger partial charge in [-0.1, -0.05) is 12.1 Å². The fourth-order valence-corrected chi connectivity index (χ4v) is 2.26. The van der Waals surface area contributed by atoms with E-state index in [0.29, 0.717) is 12.5 Å². The standard InChI is InChI=1S/C13H18FNO/c1-2-16-12-5-3-10(4-6-12)13-9-15-8-11(13)7-14/h3-6,11,13,15H,2,7-9H2,1H3/t11-,13+/m0/s1. The van der Waals surface area contributed by atoms with Crippen LogP contribution in [0, 0.1) is 5.92 Å². The molecule has 1 heterocycles. The summed E-state index contributed by atoms with van der Waals surface area (Å²) in [7, 11) is 0. The molecule has 2 atom stereocenters. The Morgan fingerprint density at radius 1 is 1.31 bits per heavy atom. The minimum absolute atomic E-state index is 0.123. The number of alkyl halides is 1. The molecule has 1 fully saturated rings. The first-order chi connectivity index (χ1) is 7.85. The Kier molecular flexibility index (Phi) is 3.78. The first-order valence-corrected chi connectivity index (χ1v) is 5.84. The number of halogens is 1. The fourth-order valence-electron chi connectivity index (χ4n) is 2.26. The topological polar surface area (TPSA) is 21.3 Å². The minimum atomic E-state index is -0.245. The van der Waals surface area contributed by atoms with Gasteiger partial charge in [0.25, 0.3) is 0 Å². The van der Waals surface area contributed by atoms with Crippen LogP contribution in [0.15, 0.2) is 24.3 Å². The van der Waals surface area contributed by atoms with Crippen LogP contribution in [0.2, 0.25) is 0 Å². The van der Waals surface area contributed by atoms with Crippen LogP contribution >= 0.6 is 0 Å². The van der Waals surface area contributed by atoms with Gasteiger partial charge in [-0.15, -0.1) is 0 Å². The molecular formula is C13H18FNO. The zero-order valence-corrected chi connectivity index (χ0v) is 9.58. The van der Waals surface area contributed by atoms with Crippen LogP contribution in [-0.2, 0) is 0 Å². The van der Waals surface area contributed by atoms with Crippen LogP contribution < -0.4 is 10.1 Å². The van der Waals surface area contributed by atoms with E-state index in [4.69, 9.17) is 4.74 Å². The van der Waals surface area contributed by atoms with Crippen molar-refractivity contribution in [1.29, 1.82) is 0 Å². The molecule has 0 saturated carbocycles. The number of ether oxygens (including phenoxy) is 1. The maximum absolute atomic E-state index is 12.8. The van der Waals surface area contributed by atoms with Crippen LogP contribution in [0.3, 0.4) is 0 Å². The summed E-state index contributed by atoms with van der Waals surface area (Å²) in [6.07, 6.45) is 0. The molecule has 1 aliphatic heterocycles. The zero-order chi connectivity index (χ0) is 11.4. The Balaban J connectivity index is 2.08. The third-order valence-corrected chi connectivity index (χ3v) is 3.16. The van der Waals surface area contributed by atoms with Crippen molar-refractivity contribution in [3.05, 3.63) is 29.8 Å². The van der Waals surface area contributed by atoms with Crippen LogP contribution in [0.25, 0.3) is 0 Å². The summed E-state index contributed by atoms with van der Waals surface area (Å²) in [5.41, 5.74) is 1.20. The van der Waals surface area contributed by atoms with E-state index in [1.54, 1.807) is 0 Å². The molecule has 16 heavy (non-hydrogen) atoms. The predicted molar refractivity (Wildman–Crippen MR) is 62.7 cm³/mol. The average Bonchev–Trinajstić information content (AvgIpc) is 2.78. The van der Waals surface area contributed by atoms with E-state index in [2.05, 4.69) is 5.32 Å². The van der Waals surface area contributed by atoms with Gasteiger partial charge in [-0.05, 0) is 24.6 Å². The largest absolute Gasteiger partial charge is 0.494 e. The molecule has 1 aromatic rings. The number of hydrogen-bond acceptors (Lipinski definition) is 2. The van der Waals surface area contributed by atoms with Gasteiger partial charge in [0.1, 0.15) is 5.75 Å². The lowest BCUT2D eigenvalue weighted by molar-refractivity contribution is 0.339. The molecule has 0 unspecified atom stereocenters. The van der Waals surface area contributed by atoms with Gasteiger partial charge < -0.3 is 10.1 Å². The Morgan fingerprint density at radius 3 is 2.69 bits per heavy atom. The van der Waals surface area contributed by atoms with E-state index < -0.39 is 0 Å². The molecule has 2 rings (SSSR count). The molecule has 1 N–H and O–H groups in total. The number of rotatable bonds is 4. The van der Waals surface area contributed by atoms with Gasteiger partial charge in [0, 0.05) is 24.9 Å². The first-order valence-electron chi connectivity index (χ1n) is 5.84. The second kappa shape index (κ2) is 5.30. The molecule has 0 bridgehead atoms. The van der Waals surface area contributed by atoms with E-state index in [-0.39, 0.29) is 12.6 Å². The molecule has 3 heteroatoms. The van der Waals surface area contributed by atoms with Crippen molar-refractivity contribution in [1.82, 2.24) is 5.32 Å². The maximum Gasteiger partial charge on any atom is 0.119 e. The smallest absolute Gasteiger partial charge is 0.119 e. The third kappa shape index (κ3) is 2.35. The molecule has 2 nitrogen and oxygen atoms in total. The van der Waals surface area contributed by atoms with Gasteiger partial charge in [0.15, 0.2) is 0 Å². The van der Waals surface area contributed by atoms with Gasteiger partial charge in [-0.2, -0.15) is 0 Å². The van der Waals surface area contributed by atoms with E-state index >= 15 is 0 Å². The van der Waals surface area contributed by atoms with Crippen molar-refractivity contribution in [2.24, 2.45) is 5.92 Å². The molecule has 0 amide bonds. The second-order valence-electron chi connectivity index (χ2n) is 4.18. The van der Waals surface area contributed by atoms with Crippen molar-refractivity contribution >= 4 is 0 Å². The Morgan fingerprint density at radius 2 is 2.06 bits per heavy atom. The maximum atomic E-state index is 12.8. The highest BCUT2D eigenvalue weighted by atomic mass is 19.1. The van der Waals surface area contributed by atoms with Crippen molar-refractivity contribution in [2.45, 2.75) is 12.8 Å². The number of nitrogens with one attached hydrogen (secondary N) is 1. The summed E-state index contributed by atoms with van der Waals surface area (Å²) in [5.74, 6) is 1.31. The predicted octanol–water partition coefficient (Wildman–Crippen LogP) is 2.36. The van der Waals surface area contributed by atoms with Crippen LogP contribution in [-0.4, -0.2) is 26.4 Å². The number of benzene rings is 1. The summed E-state index contributed by atoms with van der Waals surface area (Å²) in [4.78, 5) is 0. The van der Waals surface area contributed by atoms with Gasteiger partial charge in [0.2, 0.25) is 0 Å². The number of hydrogen-bond donors (Lipinski definition) is 1. The lowest BCUT2D eigenvalue weighted by Gasteiger charge is -2.16. The van der Waals surface area contributed by atoms with Crippen LogP contribution in [0.4, 0.5) is 4.39 Å². The van der Waals surface area contributed by atoms with Crippen molar-refractivity contribution < 1.29 is 9.13 Å². The summed E-state index contributed by atoms with van der Waals surface area (Å²) >= 11 is 0. The second-order valence-corrected chi connectivity index (χ2v) is 4.18. The zero-order valence-electron chi connectivity index (χ0n) is 9.58. The lowest BCUT2D eigenvalue weighted by atomic mass is 9.90. The minimum Gasteiger partial charge on any atom is -0.494 e. The third-order valence-electron chi connectivity index (χ3n) is 3.16. The molecule has 0 radical (unpaired) electrons. The molecule has 1 aliphatic rings. The van der Waals surface area contributed by atoms with E-state index in [1.807, 2.05) is 31.2 Å². The molecule has 0 aliphatic carbocycles. The fraction of sp³-hybridized carbons (Fsp3) is 0.538. The highest BCUT2D eigenvalue weighted by molar-refractivity contribution is 5.30. The molecule has 1 aromatic carbocycles. The average molecular weight is 223 g/mol. The van der Waals surface area contributed by atoms with Gasteiger partial charge in [-0.25, -0.2) is 0 Å². The summed E-state index contributed by atoms with van der Waals surface area (Å²) in [6.45, 7) is 4.06. The Hall–Kier alpha value is -1.09. The Labute approximate surface area is 95.8 Å². The summed E-state index contributed by atoms with van der Waals surface area (Å²) < 4.78 is 18.2. The van der Waals surface area contributed by atoms with Gasteiger partial charge in [0.05, 0.1) is 13.3 Å². The SMILES string of the molecule is CCOc1ccc([C@H]2CNC[C@@H]2CF)cc1. The molecule has 0 spiro atoms. The van der Waals surface area contributed by atoms with Gasteiger partial charge >= 0.3 is 0 Å². The van der Waals surface area contributed by atoms with Crippen LogP contribution in [0.1, 0.15) is 18.4 Å². The Bertz CT molecular complexity index is 325. The van der Waals surface area contributed by atoms with Crippen molar-refractivity contribution in [3.8, 4) is 5.75 Å². The molecule has 88 valence electrons. The lowest BCUT2D eigenvalue weighted by Crippen LogP contribution is -2.12. The van der Waals surface area contributed by atoms with Gasteiger partial charge in [-0.3, -0.25) is 4.39 Å².